The van der Waals surface area contributed by atoms with Gasteiger partial charge in [-0.05, 0) is 12.8 Å². The molecular weight excluding hydrogens is 203 g/mol. The van der Waals surface area contributed by atoms with Crippen LogP contribution in [0.15, 0.2) is 11.5 Å². The summed E-state index contributed by atoms with van der Waals surface area (Å²) < 4.78 is 0. The molecule has 0 aromatic carbocycles. The maximum atomic E-state index is 2.43. The fourth-order valence-electron chi connectivity index (χ4n) is 2.83. The van der Waals surface area contributed by atoms with Crippen molar-refractivity contribution in [3.8, 4) is 0 Å². The normalized spacial score (nSPS) is 16.8. The van der Waals surface area contributed by atoms with Crippen LogP contribution >= 0.6 is 0 Å². The molecule has 0 aliphatic heterocycles. The number of rotatable bonds is 6. The third kappa shape index (κ3) is 4.52. The van der Waals surface area contributed by atoms with Gasteiger partial charge >= 0.3 is 0 Å². The van der Waals surface area contributed by atoms with Gasteiger partial charge in [0.2, 0.25) is 0 Å². The Balaban J connectivity index is 5.24. The first-order chi connectivity index (χ1) is 7.73. The van der Waals surface area contributed by atoms with Crippen molar-refractivity contribution in [2.75, 3.05) is 0 Å². The van der Waals surface area contributed by atoms with Crippen molar-refractivity contribution in [1.82, 2.24) is 0 Å². The molecule has 0 saturated heterocycles. The summed E-state index contributed by atoms with van der Waals surface area (Å²) in [5.41, 5.74) is 1.66. The maximum absolute atomic E-state index is 2.43. The molecule has 0 saturated carbocycles. The molecule has 2 atom stereocenters. The molecule has 0 aromatic rings. The van der Waals surface area contributed by atoms with E-state index in [0.29, 0.717) is 5.92 Å². The van der Waals surface area contributed by atoms with Gasteiger partial charge in [-0.1, -0.05) is 84.9 Å². The molecule has 2 unspecified atom stereocenters. The van der Waals surface area contributed by atoms with Crippen LogP contribution in [0.5, 0.6) is 0 Å². The van der Waals surface area contributed by atoms with Crippen LogP contribution in [-0.2, 0) is 0 Å². The fraction of sp³-hybridized carbons (Fsp3) is 0.875. The first kappa shape index (κ1) is 16.8. The Hall–Kier alpha value is -0.195. The molecule has 100 valence electrons. The van der Waals surface area contributed by atoms with E-state index in [2.05, 4.69) is 68.4 Å². The molecule has 0 radical (unpaired) electrons. The number of hydrogen-bond donors (Lipinski definition) is 0. The lowest BCUT2D eigenvalue weighted by atomic mass is 9.26. The number of allylic oxidation sites excluding steroid dienone is 2. The molecule has 0 aliphatic rings. The fourth-order valence-corrected chi connectivity index (χ4v) is 2.83. The zero-order valence-corrected chi connectivity index (χ0v) is 13.5. The van der Waals surface area contributed by atoms with Crippen molar-refractivity contribution in [3.05, 3.63) is 11.5 Å². The molecule has 0 fully saturated rings. The average Bonchev–Trinajstić information content (AvgIpc) is 2.22. The predicted molar refractivity (Wildman–Crippen MR) is 82.9 cm³/mol. The summed E-state index contributed by atoms with van der Waals surface area (Å²) >= 11 is 0. The second-order valence-corrected chi connectivity index (χ2v) is 6.68. The van der Waals surface area contributed by atoms with Crippen LogP contribution in [-0.4, -0.2) is 6.71 Å². The van der Waals surface area contributed by atoms with Gasteiger partial charge in [0.1, 0.15) is 0 Å². The van der Waals surface area contributed by atoms with E-state index in [1.54, 1.807) is 5.47 Å². The second-order valence-electron chi connectivity index (χ2n) is 6.68. The third-order valence-electron chi connectivity index (χ3n) is 4.62. The minimum Gasteiger partial charge on any atom is -0.102 e. The Kier molecular flexibility index (Phi) is 7.20. The first-order valence-electron chi connectivity index (χ1n) is 7.40. The van der Waals surface area contributed by atoms with Crippen LogP contribution in [0.1, 0.15) is 62.3 Å². The molecule has 0 heterocycles. The summed E-state index contributed by atoms with van der Waals surface area (Å²) in [6, 6.07) is 0. The van der Waals surface area contributed by atoms with Crippen LogP contribution in [0, 0.1) is 17.8 Å². The lowest BCUT2D eigenvalue weighted by Gasteiger charge is -2.35. The summed E-state index contributed by atoms with van der Waals surface area (Å²) in [6.45, 7) is 21.9. The molecule has 17 heavy (non-hydrogen) atoms. The van der Waals surface area contributed by atoms with Crippen LogP contribution in [0.4, 0.5) is 0 Å². The van der Waals surface area contributed by atoms with Gasteiger partial charge in [-0.3, -0.25) is 0 Å². The minimum absolute atomic E-state index is 0.674. The molecule has 0 bridgehead atoms. The summed E-state index contributed by atoms with van der Waals surface area (Å²) in [5.74, 6) is 3.72. The van der Waals surface area contributed by atoms with Gasteiger partial charge in [-0.2, -0.15) is 0 Å². The van der Waals surface area contributed by atoms with E-state index in [1.807, 2.05) is 0 Å². The van der Waals surface area contributed by atoms with Crippen molar-refractivity contribution >= 4 is 6.71 Å². The van der Waals surface area contributed by atoms with Crippen LogP contribution < -0.4 is 0 Å². The Labute approximate surface area is 110 Å². The smallest absolute Gasteiger partial charge is 0.102 e. The van der Waals surface area contributed by atoms with E-state index in [0.717, 1.165) is 30.2 Å². The van der Waals surface area contributed by atoms with Crippen molar-refractivity contribution in [2.24, 2.45) is 17.8 Å². The molecule has 0 nitrogen and oxygen atoms in total. The molecule has 0 spiro atoms. The van der Waals surface area contributed by atoms with E-state index < -0.39 is 0 Å². The Bertz CT molecular complexity index is 224. The van der Waals surface area contributed by atoms with Crippen molar-refractivity contribution in [1.29, 1.82) is 0 Å². The molecule has 1 heteroatoms. The molecule has 0 rings (SSSR count). The topological polar surface area (TPSA) is 0 Å². The first-order valence-corrected chi connectivity index (χ1v) is 7.40. The Morgan fingerprint density at radius 3 is 1.29 bits per heavy atom. The monoisotopic (exact) mass is 236 g/mol. The van der Waals surface area contributed by atoms with Gasteiger partial charge in [-0.25, -0.2) is 0 Å². The zero-order valence-electron chi connectivity index (χ0n) is 13.5. The van der Waals surface area contributed by atoms with Crippen LogP contribution in [0.25, 0.3) is 0 Å². The highest BCUT2D eigenvalue weighted by atomic mass is 14.2. The van der Waals surface area contributed by atoms with Crippen molar-refractivity contribution < 1.29 is 0 Å². The lowest BCUT2D eigenvalue weighted by Crippen LogP contribution is -2.34. The maximum Gasteiger partial charge on any atom is 0.176 e. The Morgan fingerprint density at radius 1 is 0.765 bits per heavy atom. The van der Waals surface area contributed by atoms with Gasteiger partial charge < -0.3 is 0 Å². The van der Waals surface area contributed by atoms with Crippen LogP contribution in [0.2, 0.25) is 11.6 Å². The summed E-state index contributed by atoms with van der Waals surface area (Å²) in [5, 5.41) is 0. The summed E-state index contributed by atoms with van der Waals surface area (Å²) in [7, 11) is 0. The SMILES string of the molecule is C/C=C(/B(C(C)C(C)C)C(C)C(C)C)C(C)C. The highest BCUT2D eigenvalue weighted by Crippen LogP contribution is 2.38. The summed E-state index contributed by atoms with van der Waals surface area (Å²) in [4.78, 5) is 0. The molecule has 0 N–H and O–H groups in total. The second kappa shape index (κ2) is 7.29. The van der Waals surface area contributed by atoms with E-state index in [1.165, 1.54) is 0 Å². The molecule has 0 amide bonds. The van der Waals surface area contributed by atoms with Crippen molar-refractivity contribution in [3.63, 3.8) is 0 Å². The van der Waals surface area contributed by atoms with E-state index >= 15 is 0 Å². The molecule has 0 aliphatic carbocycles. The Morgan fingerprint density at radius 2 is 1.12 bits per heavy atom. The highest BCUT2D eigenvalue weighted by Gasteiger charge is 2.34. The molecular formula is C16H33B. The third-order valence-corrected chi connectivity index (χ3v) is 4.62. The minimum atomic E-state index is 0.674. The zero-order chi connectivity index (χ0) is 13.7. The van der Waals surface area contributed by atoms with Crippen LogP contribution in [0.3, 0.4) is 0 Å². The molecule has 0 aromatic heterocycles. The van der Waals surface area contributed by atoms with E-state index in [4.69, 9.17) is 0 Å². The van der Waals surface area contributed by atoms with Crippen molar-refractivity contribution in [2.45, 2.75) is 73.9 Å². The summed E-state index contributed by atoms with van der Waals surface area (Å²) in [6.07, 6.45) is 2.37. The van der Waals surface area contributed by atoms with Gasteiger partial charge in [-0.15, -0.1) is 5.47 Å². The predicted octanol–water partition coefficient (Wildman–Crippen LogP) is 5.71. The standard InChI is InChI=1S/C16H33B/c1-10-16(13(6)7)17(14(8)11(2)3)15(9)12(4)5/h10-15H,1-9H3/b16-10+. The van der Waals surface area contributed by atoms with Gasteiger partial charge in [0, 0.05) is 0 Å². The lowest BCUT2D eigenvalue weighted by molar-refractivity contribution is 0.559. The van der Waals surface area contributed by atoms with Gasteiger partial charge in [0.25, 0.3) is 0 Å². The van der Waals surface area contributed by atoms with Gasteiger partial charge in [0.05, 0.1) is 0 Å². The highest BCUT2D eigenvalue weighted by molar-refractivity contribution is 6.69. The largest absolute Gasteiger partial charge is 0.176 e. The average molecular weight is 236 g/mol. The van der Waals surface area contributed by atoms with E-state index in [-0.39, 0.29) is 0 Å². The quantitative estimate of drug-likeness (QED) is 0.518. The van der Waals surface area contributed by atoms with E-state index in [9.17, 15) is 0 Å². The van der Waals surface area contributed by atoms with Gasteiger partial charge in [0.15, 0.2) is 6.71 Å². The number of hydrogen-bond acceptors (Lipinski definition) is 0.